The van der Waals surface area contributed by atoms with E-state index in [-0.39, 0.29) is 40.4 Å². The zero-order valence-corrected chi connectivity index (χ0v) is 36.8. The van der Waals surface area contributed by atoms with Crippen molar-refractivity contribution >= 4 is 127 Å². The number of hydrazine groups is 1. The molecule has 0 atom stereocenters. The molecule has 4 heterocycles. The molecule has 0 radical (unpaired) electrons. The fraction of sp³-hybridized carbons (Fsp3) is 0.0930. The normalized spacial score (nSPS) is 11.4. The monoisotopic (exact) mass is 978 g/mol. The van der Waals surface area contributed by atoms with Crippen LogP contribution >= 0.6 is 46.4 Å². The molecule has 0 fully saturated rings. The third-order valence-electron chi connectivity index (χ3n) is 8.13. The molecule has 0 saturated carbocycles. The van der Waals surface area contributed by atoms with E-state index < -0.39 is 64.5 Å². The average Bonchev–Trinajstić information content (AvgIpc) is 3.79. The van der Waals surface area contributed by atoms with Gasteiger partial charge in [-0.25, -0.2) is 10.7 Å². The van der Waals surface area contributed by atoms with E-state index in [0.29, 0.717) is 28.1 Å². The Balaban J connectivity index is 0.000000240. The van der Waals surface area contributed by atoms with Crippen LogP contribution in [0.3, 0.4) is 0 Å². The number of fused-ring (bicyclic) bond motifs is 2. The van der Waals surface area contributed by atoms with Crippen LogP contribution in [-0.4, -0.2) is 98.0 Å². The molecule has 0 aliphatic carbocycles. The van der Waals surface area contributed by atoms with Crippen molar-refractivity contribution in [1.29, 1.82) is 0 Å². The van der Waals surface area contributed by atoms with Crippen molar-refractivity contribution in [3.05, 3.63) is 150 Å². The SMILES string of the molecule is NNC(=O)c1ccncc1.O=C(CCl)Nc1ccccc1C(=O)C(=O)CNC(=O)c1ccncc1.O=C(Cl)CCl.O=C1C(=O)N(C(=O)CCl)c2ccccc21.O=C1Nc2ccccc2C1=O. The molecule has 66 heavy (non-hydrogen) atoms. The first-order valence-corrected chi connectivity index (χ1v) is 20.4. The van der Waals surface area contributed by atoms with Gasteiger partial charge in [-0.3, -0.25) is 68.1 Å². The van der Waals surface area contributed by atoms with Crippen molar-refractivity contribution in [3.8, 4) is 0 Å². The highest BCUT2D eigenvalue weighted by molar-refractivity contribution is 6.67. The fourth-order valence-electron chi connectivity index (χ4n) is 5.14. The van der Waals surface area contributed by atoms with Crippen molar-refractivity contribution in [3.63, 3.8) is 0 Å². The Hall–Kier alpha value is -7.55. The average molecular weight is 981 g/mol. The number of pyridine rings is 2. The number of ketones is 4. The lowest BCUT2D eigenvalue weighted by Gasteiger charge is -2.11. The van der Waals surface area contributed by atoms with Crippen molar-refractivity contribution in [2.24, 2.45) is 5.84 Å². The Morgan fingerprint density at radius 3 is 1.71 bits per heavy atom. The van der Waals surface area contributed by atoms with Gasteiger partial charge in [-0.05, 0) is 72.3 Å². The minimum Gasteiger partial charge on any atom is -0.344 e. The predicted molar refractivity (Wildman–Crippen MR) is 243 cm³/mol. The van der Waals surface area contributed by atoms with Crippen LogP contribution < -0.4 is 32.1 Å². The summed E-state index contributed by atoms with van der Waals surface area (Å²) in [5, 5.41) is 6.77. The molecule has 19 nitrogen and oxygen atoms in total. The van der Waals surface area contributed by atoms with Gasteiger partial charge in [-0.2, -0.15) is 0 Å². The molecular formula is C43H34Cl4N8O11. The number of anilines is 3. The molecule has 7 rings (SSSR count). The molecule has 2 aromatic heterocycles. The summed E-state index contributed by atoms with van der Waals surface area (Å²) >= 11 is 20.3. The van der Waals surface area contributed by atoms with Crippen LogP contribution in [0.1, 0.15) is 51.8 Å². The van der Waals surface area contributed by atoms with Gasteiger partial charge >= 0.3 is 5.91 Å². The number of nitrogens with two attached hydrogens (primary N) is 1. The van der Waals surface area contributed by atoms with Crippen LogP contribution in [0.25, 0.3) is 0 Å². The predicted octanol–water partition coefficient (Wildman–Crippen LogP) is 3.92. The Morgan fingerprint density at radius 2 is 1.17 bits per heavy atom. The second-order valence-corrected chi connectivity index (χ2v) is 13.7. The second-order valence-electron chi connectivity index (χ2n) is 12.4. The molecule has 340 valence electrons. The number of amides is 6. The van der Waals surface area contributed by atoms with E-state index in [2.05, 4.69) is 25.9 Å². The van der Waals surface area contributed by atoms with Gasteiger partial charge in [0.25, 0.3) is 29.3 Å². The van der Waals surface area contributed by atoms with Gasteiger partial charge in [-0.1, -0.05) is 36.4 Å². The summed E-state index contributed by atoms with van der Waals surface area (Å²) < 4.78 is 0. The van der Waals surface area contributed by atoms with Crippen molar-refractivity contribution < 1.29 is 52.7 Å². The zero-order valence-electron chi connectivity index (χ0n) is 33.8. The van der Waals surface area contributed by atoms with E-state index in [4.69, 9.17) is 52.2 Å². The lowest BCUT2D eigenvalue weighted by molar-refractivity contribution is -0.123. The number of rotatable bonds is 10. The highest BCUT2D eigenvalue weighted by atomic mass is 35.5. The topological polar surface area (TPSA) is 291 Å². The van der Waals surface area contributed by atoms with Gasteiger partial charge < -0.3 is 16.0 Å². The maximum Gasteiger partial charge on any atom is 0.306 e. The lowest BCUT2D eigenvalue weighted by atomic mass is 10.0. The van der Waals surface area contributed by atoms with E-state index in [1.165, 1.54) is 55.1 Å². The van der Waals surface area contributed by atoms with E-state index in [1.54, 1.807) is 66.7 Å². The molecule has 0 unspecified atom stereocenters. The van der Waals surface area contributed by atoms with E-state index in [0.717, 1.165) is 4.90 Å². The Bertz CT molecular complexity index is 2640. The van der Waals surface area contributed by atoms with Crippen molar-refractivity contribution in [2.75, 3.05) is 39.7 Å². The molecule has 0 spiro atoms. The third-order valence-corrected chi connectivity index (χ3v) is 9.11. The standard InChI is InChI=1S/C17H14ClN3O4.C10H6ClNO3.C8H5NO2.C6H7N3O.C2H2Cl2O/c18-9-15(23)21-13-4-2-1-3-12(13)16(24)14(22)10-20-17(25)11-5-7-19-8-6-11;11-5-8(13)12-7-4-2-1-3-6(7)9(14)10(12)15;10-7-5-3-1-2-4-6(5)9-8(7)11;7-9-6(10)5-1-3-8-4-2-5;3-1-2(4)5/h1-8H,9-10H2,(H,20,25)(H,21,23);1-4H,5H2;1-4H,(H,9,10,11);1-4H,7H2,(H,9,10);1H2. The number of hydrogen-bond acceptors (Lipinski definition) is 14. The summed E-state index contributed by atoms with van der Waals surface area (Å²) in [6.45, 7) is -0.461. The smallest absolute Gasteiger partial charge is 0.306 e. The molecule has 6 N–H and O–H groups in total. The molecule has 0 saturated heterocycles. The first kappa shape index (κ1) is 52.8. The van der Waals surface area contributed by atoms with Crippen LogP contribution in [0.2, 0.25) is 0 Å². The van der Waals surface area contributed by atoms with E-state index in [1.807, 2.05) is 5.43 Å². The number of imide groups is 1. The van der Waals surface area contributed by atoms with Crippen LogP contribution in [0.4, 0.5) is 17.1 Å². The number of nitrogen functional groups attached to an aromatic ring is 1. The maximum atomic E-state index is 12.3. The molecule has 0 bridgehead atoms. The zero-order chi connectivity index (χ0) is 48.8. The molecule has 5 aromatic rings. The van der Waals surface area contributed by atoms with Crippen LogP contribution in [0.15, 0.2) is 122 Å². The fourth-order valence-corrected chi connectivity index (χ4v) is 5.33. The summed E-state index contributed by atoms with van der Waals surface area (Å²) in [6, 6.07) is 25.4. The van der Waals surface area contributed by atoms with E-state index in [9.17, 15) is 52.7 Å². The minimum atomic E-state index is -0.832. The van der Waals surface area contributed by atoms with E-state index >= 15 is 0 Å². The molecular weight excluding hydrogens is 946 g/mol. The molecule has 3 aromatic carbocycles. The van der Waals surface area contributed by atoms with Crippen molar-refractivity contribution in [1.82, 2.24) is 20.7 Å². The Labute approximate surface area is 394 Å². The second kappa shape index (κ2) is 26.9. The molecule has 23 heteroatoms. The van der Waals surface area contributed by atoms with Crippen molar-refractivity contribution in [2.45, 2.75) is 0 Å². The minimum absolute atomic E-state index is 0.0316. The van der Waals surface area contributed by atoms with Crippen LogP contribution in [0.5, 0.6) is 0 Å². The number of benzene rings is 3. The number of nitrogens with zero attached hydrogens (tertiary/aromatic N) is 3. The van der Waals surface area contributed by atoms with Crippen LogP contribution in [0, 0.1) is 0 Å². The summed E-state index contributed by atoms with van der Waals surface area (Å²) in [5.41, 5.74) is 4.72. The number of halogens is 4. The van der Waals surface area contributed by atoms with Gasteiger partial charge in [0.05, 0.1) is 40.6 Å². The molecule has 6 amide bonds. The number of Topliss-reactive ketones (excluding diaryl/α,β-unsaturated/α-hetero) is 4. The number of alkyl halides is 3. The summed E-state index contributed by atoms with van der Waals surface area (Å²) in [6.07, 6.45) is 5.95. The number of hydrogen-bond donors (Lipinski definition) is 5. The number of aromatic nitrogens is 2. The molecule has 2 aliphatic rings. The summed E-state index contributed by atoms with van der Waals surface area (Å²) in [5.74, 6) is -1.80. The first-order chi connectivity index (χ1) is 31.6. The lowest BCUT2D eigenvalue weighted by Crippen LogP contribution is -2.36. The van der Waals surface area contributed by atoms with Gasteiger partial charge in [0.15, 0.2) is 0 Å². The number of para-hydroxylation sites is 3. The summed E-state index contributed by atoms with van der Waals surface area (Å²) in [7, 11) is 0. The van der Waals surface area contributed by atoms with Crippen LogP contribution in [-0.2, 0) is 28.8 Å². The number of carbonyl (C=O) groups is 11. The molecule has 2 aliphatic heterocycles. The highest BCUT2D eigenvalue weighted by Gasteiger charge is 2.38. The largest absolute Gasteiger partial charge is 0.344 e. The number of nitrogens with one attached hydrogen (secondary N) is 4. The third kappa shape index (κ3) is 15.3. The number of carbonyl (C=O) groups excluding carboxylic acids is 11. The Kier molecular flexibility index (Phi) is 21.5. The Morgan fingerprint density at radius 1 is 0.636 bits per heavy atom. The van der Waals surface area contributed by atoms with Gasteiger partial charge in [-0.15, -0.1) is 34.8 Å². The quantitative estimate of drug-likeness (QED) is 0.0252. The van der Waals surface area contributed by atoms with Gasteiger partial charge in [0.1, 0.15) is 11.8 Å². The van der Waals surface area contributed by atoms with Gasteiger partial charge in [0, 0.05) is 41.5 Å². The highest BCUT2D eigenvalue weighted by Crippen LogP contribution is 2.28. The maximum absolute atomic E-state index is 12.3. The van der Waals surface area contributed by atoms with Gasteiger partial charge in [0.2, 0.25) is 28.6 Å². The summed E-state index contributed by atoms with van der Waals surface area (Å²) in [4.78, 5) is 132. The first-order valence-electron chi connectivity index (χ1n) is 18.5.